The number of aromatic hydroxyl groups is 2. The van der Waals surface area contributed by atoms with Gasteiger partial charge in [-0.25, -0.2) is 0 Å². The highest BCUT2D eigenvalue weighted by Crippen LogP contribution is 2.53. The van der Waals surface area contributed by atoms with Gasteiger partial charge in [0.15, 0.2) is 11.5 Å². The molecule has 56 heavy (non-hydrogen) atoms. The molecule has 0 aliphatic heterocycles. The van der Waals surface area contributed by atoms with E-state index in [4.69, 9.17) is 25.4 Å². The lowest BCUT2D eigenvalue weighted by Crippen LogP contribution is -2.31. The highest BCUT2D eigenvalue weighted by atomic mass is 32.1. The molecule has 6 N–H and O–H groups in total. The normalized spacial score (nSPS) is 11.4. The van der Waals surface area contributed by atoms with Crippen LogP contribution < -0.4 is 5.73 Å². The van der Waals surface area contributed by atoms with Crippen molar-refractivity contribution in [2.75, 3.05) is 46.2 Å². The number of thiophene rings is 2. The quantitative estimate of drug-likeness (QED) is 0.107. The SMILES string of the molecule is CC.CC(C)(C)CO.CC(C)(C)CO.CCCC.CCCCOCC(CC)(CC)COCCCCN.CCc1sc(-c2sc(C(C)(C)C)c(O)c2O)c(C)c1C. The molecule has 0 atom stereocenters. The summed E-state index contributed by atoms with van der Waals surface area (Å²) in [5.41, 5.74) is 8.21. The summed E-state index contributed by atoms with van der Waals surface area (Å²) in [6.07, 6.45) is 10.3. The highest BCUT2D eigenvalue weighted by molar-refractivity contribution is 7.23. The molecule has 0 aliphatic rings. The fraction of sp³-hybridized carbons (Fsp3) is 0.830. The van der Waals surface area contributed by atoms with Gasteiger partial charge in [0, 0.05) is 42.1 Å². The van der Waals surface area contributed by atoms with Gasteiger partial charge in [-0.1, -0.05) is 137 Å². The molecule has 7 nitrogen and oxygen atoms in total. The molecule has 0 aromatic carbocycles. The Morgan fingerprint density at radius 2 is 1.02 bits per heavy atom. The van der Waals surface area contributed by atoms with E-state index in [-0.39, 0.29) is 46.4 Å². The van der Waals surface area contributed by atoms with Gasteiger partial charge in [0.05, 0.1) is 27.8 Å². The van der Waals surface area contributed by atoms with Crippen LogP contribution >= 0.6 is 22.7 Å². The van der Waals surface area contributed by atoms with Crippen LogP contribution in [0.15, 0.2) is 0 Å². The Bertz CT molecular complexity index is 1170. The van der Waals surface area contributed by atoms with Gasteiger partial charge in [0.25, 0.3) is 0 Å². The Hall–Kier alpha value is -1.20. The molecule has 0 radical (unpaired) electrons. The van der Waals surface area contributed by atoms with Gasteiger partial charge in [-0.2, -0.15) is 0 Å². The second-order valence-corrected chi connectivity index (χ2v) is 19.9. The molecule has 0 fully saturated rings. The zero-order valence-electron chi connectivity index (χ0n) is 40.3. The smallest absolute Gasteiger partial charge is 0.177 e. The first kappa shape index (κ1) is 61.5. The van der Waals surface area contributed by atoms with Gasteiger partial charge in [0.2, 0.25) is 0 Å². The fourth-order valence-corrected chi connectivity index (χ4v) is 6.74. The zero-order chi connectivity index (χ0) is 44.8. The molecule has 0 aliphatic carbocycles. The molecular weight excluding hydrogens is 739 g/mol. The molecule has 0 saturated heterocycles. The van der Waals surface area contributed by atoms with Crippen molar-refractivity contribution in [1.29, 1.82) is 0 Å². The van der Waals surface area contributed by atoms with Gasteiger partial charge >= 0.3 is 0 Å². The predicted octanol–water partition coefficient (Wildman–Crippen LogP) is 13.6. The topological polar surface area (TPSA) is 125 Å². The number of hydrogen-bond acceptors (Lipinski definition) is 9. The van der Waals surface area contributed by atoms with Crippen molar-refractivity contribution in [1.82, 2.24) is 0 Å². The van der Waals surface area contributed by atoms with Gasteiger partial charge in [-0.05, 0) is 80.9 Å². The van der Waals surface area contributed by atoms with E-state index in [0.29, 0.717) is 0 Å². The second kappa shape index (κ2) is 33.6. The van der Waals surface area contributed by atoms with Crippen molar-refractivity contribution >= 4 is 22.7 Å². The number of nitrogens with two attached hydrogens (primary N) is 1. The first-order chi connectivity index (χ1) is 26.0. The van der Waals surface area contributed by atoms with Crippen LogP contribution in [-0.2, 0) is 21.3 Å². The summed E-state index contributed by atoms with van der Waals surface area (Å²) in [6.45, 7) is 44.1. The molecule has 0 spiro atoms. The summed E-state index contributed by atoms with van der Waals surface area (Å²) in [7, 11) is 0. The Labute approximate surface area is 356 Å². The highest BCUT2D eigenvalue weighted by Gasteiger charge is 2.29. The van der Waals surface area contributed by atoms with Crippen LogP contribution in [0, 0.1) is 30.1 Å². The Kier molecular flexibility index (Phi) is 36.9. The third-order valence-electron chi connectivity index (χ3n) is 8.76. The number of unbranched alkanes of at least 4 members (excludes halogenated alkanes) is 3. The monoisotopic (exact) mass is 834 g/mol. The van der Waals surface area contributed by atoms with Gasteiger partial charge in [-0.15, -0.1) is 22.7 Å². The maximum absolute atomic E-state index is 10.3. The Morgan fingerprint density at radius 3 is 1.30 bits per heavy atom. The van der Waals surface area contributed by atoms with Gasteiger partial charge in [0.1, 0.15) is 0 Å². The minimum Gasteiger partial charge on any atom is -0.503 e. The molecule has 336 valence electrons. The summed E-state index contributed by atoms with van der Waals surface area (Å²) in [6, 6.07) is 0. The predicted molar refractivity (Wildman–Crippen MR) is 251 cm³/mol. The third kappa shape index (κ3) is 28.3. The average Bonchev–Trinajstić information content (AvgIpc) is 3.62. The van der Waals surface area contributed by atoms with Crippen LogP contribution in [0.1, 0.15) is 190 Å². The molecule has 0 amide bonds. The van der Waals surface area contributed by atoms with Crippen LogP contribution in [-0.4, -0.2) is 66.6 Å². The number of aliphatic hydroxyl groups is 2. The summed E-state index contributed by atoms with van der Waals surface area (Å²) in [5.74, 6) is 0.0768. The lowest BCUT2D eigenvalue weighted by Gasteiger charge is -2.31. The van der Waals surface area contributed by atoms with Crippen LogP contribution in [0.2, 0.25) is 0 Å². The summed E-state index contributed by atoms with van der Waals surface area (Å²) in [4.78, 5) is 4.08. The number of aryl methyl sites for hydroxylation is 1. The van der Waals surface area contributed by atoms with Crippen LogP contribution in [0.4, 0.5) is 0 Å². The molecule has 2 heterocycles. The molecule has 0 unspecified atom stereocenters. The van der Waals surface area contributed by atoms with E-state index in [1.807, 2.05) is 76.2 Å². The van der Waals surface area contributed by atoms with Crippen LogP contribution in [0.5, 0.6) is 11.5 Å². The summed E-state index contributed by atoms with van der Waals surface area (Å²) in [5, 5.41) is 37.3. The number of rotatable bonds is 16. The Morgan fingerprint density at radius 1 is 0.589 bits per heavy atom. The minimum absolute atomic E-state index is 0.0342. The van der Waals surface area contributed by atoms with Crippen molar-refractivity contribution in [2.45, 2.75) is 195 Å². The molecule has 2 rings (SSSR count). The van der Waals surface area contributed by atoms with E-state index in [1.54, 1.807) is 11.3 Å². The largest absolute Gasteiger partial charge is 0.503 e. The molecular formula is C47H95NO6S2. The number of ether oxygens (including phenoxy) is 2. The van der Waals surface area contributed by atoms with Crippen molar-refractivity contribution in [3.8, 4) is 21.3 Å². The summed E-state index contributed by atoms with van der Waals surface area (Å²) >= 11 is 3.23. The molecule has 2 aromatic rings. The van der Waals surface area contributed by atoms with Gasteiger partial charge in [-0.3, -0.25) is 0 Å². The maximum Gasteiger partial charge on any atom is 0.177 e. The maximum atomic E-state index is 10.3. The fourth-order valence-electron chi connectivity index (χ4n) is 4.16. The lowest BCUT2D eigenvalue weighted by atomic mass is 9.84. The second-order valence-electron chi connectivity index (χ2n) is 17.8. The molecule has 0 bridgehead atoms. The van der Waals surface area contributed by atoms with E-state index >= 15 is 0 Å². The number of aliphatic hydroxyl groups excluding tert-OH is 2. The summed E-state index contributed by atoms with van der Waals surface area (Å²) < 4.78 is 11.6. The van der Waals surface area contributed by atoms with E-state index in [0.717, 1.165) is 86.1 Å². The third-order valence-corrected chi connectivity index (χ3v) is 12.1. The van der Waals surface area contributed by atoms with Crippen molar-refractivity contribution in [3.05, 3.63) is 20.9 Å². The van der Waals surface area contributed by atoms with Crippen LogP contribution in [0.25, 0.3) is 9.75 Å². The first-order valence-corrected chi connectivity index (χ1v) is 23.3. The standard InChI is InChI=1S/C16H22O2S2.C15H33NO2.2C5H12O.C4H10.C2H6/c1-7-10-8(2)9(3)13(19-10)14-11(17)12(18)15(20-14)16(4,5)6;1-4-7-11-17-13-15(5-2,6-3)14-18-12-9-8-10-16;2*1-5(2,3)4-6;1-3-4-2;1-2/h17-18H,7H2,1-6H3;4-14,16H2,1-3H3;2*6H,4H2,1-3H3;3-4H2,1-2H3;1-2H3. The molecule has 0 saturated carbocycles. The molecule has 9 heteroatoms. The minimum atomic E-state index is -0.168. The van der Waals surface area contributed by atoms with Crippen LogP contribution in [0.3, 0.4) is 0 Å². The lowest BCUT2D eigenvalue weighted by molar-refractivity contribution is -0.0284. The number of hydrogen-bond donors (Lipinski definition) is 5. The van der Waals surface area contributed by atoms with E-state index in [9.17, 15) is 10.2 Å². The van der Waals surface area contributed by atoms with E-state index < -0.39 is 0 Å². The first-order valence-electron chi connectivity index (χ1n) is 21.7. The van der Waals surface area contributed by atoms with Crippen molar-refractivity contribution < 1.29 is 29.9 Å². The van der Waals surface area contributed by atoms with E-state index in [1.165, 1.54) is 46.6 Å². The van der Waals surface area contributed by atoms with Gasteiger partial charge < -0.3 is 35.6 Å². The molecule has 2 aromatic heterocycles. The van der Waals surface area contributed by atoms with E-state index in [2.05, 4.69) is 55.4 Å². The van der Waals surface area contributed by atoms with Crippen molar-refractivity contribution in [3.63, 3.8) is 0 Å². The Balaban J connectivity index is -0.000000340. The average molecular weight is 834 g/mol. The zero-order valence-corrected chi connectivity index (χ0v) is 41.9. The van der Waals surface area contributed by atoms with Crippen molar-refractivity contribution in [2.24, 2.45) is 22.0 Å².